The Morgan fingerprint density at radius 3 is 2.73 bits per heavy atom. The van der Waals surface area contributed by atoms with Gasteiger partial charge in [-0.1, -0.05) is 6.42 Å². The molecule has 0 saturated carbocycles. The van der Waals surface area contributed by atoms with Gasteiger partial charge in [0.2, 0.25) is 11.8 Å². The number of aromatic nitrogens is 2. The van der Waals surface area contributed by atoms with E-state index >= 15 is 0 Å². The van der Waals surface area contributed by atoms with Crippen LogP contribution in [0.5, 0.6) is 0 Å². The Balaban J connectivity index is 1.44. The van der Waals surface area contributed by atoms with Gasteiger partial charge in [0.1, 0.15) is 11.9 Å². The molecule has 2 fully saturated rings. The van der Waals surface area contributed by atoms with Crippen molar-refractivity contribution in [3.8, 4) is 0 Å². The van der Waals surface area contributed by atoms with Crippen LogP contribution >= 0.6 is 0 Å². The van der Waals surface area contributed by atoms with Crippen LogP contribution < -0.4 is 0 Å². The molecule has 26 heavy (non-hydrogen) atoms. The fraction of sp³-hybridized carbons (Fsp3) is 0.737. The van der Waals surface area contributed by atoms with Gasteiger partial charge in [0, 0.05) is 58.5 Å². The Bertz CT molecular complexity index is 622. The number of amides is 2. The van der Waals surface area contributed by atoms with Gasteiger partial charge in [-0.05, 0) is 31.6 Å². The molecule has 1 aromatic heterocycles. The molecule has 1 N–H and O–H groups in total. The van der Waals surface area contributed by atoms with E-state index in [1.165, 1.54) is 0 Å². The number of aryl methyl sites for hydroxylation is 1. The molecule has 1 unspecified atom stereocenters. The van der Waals surface area contributed by atoms with Gasteiger partial charge in [-0.2, -0.15) is 0 Å². The third-order valence-electron chi connectivity index (χ3n) is 5.73. The minimum absolute atomic E-state index is 0.118. The van der Waals surface area contributed by atoms with E-state index in [9.17, 15) is 14.7 Å². The molecule has 1 aromatic rings. The molecule has 2 aliphatic heterocycles. The number of carbonyl (C=O) groups is 2. The van der Waals surface area contributed by atoms with Crippen LogP contribution in [0.3, 0.4) is 0 Å². The van der Waals surface area contributed by atoms with E-state index in [4.69, 9.17) is 0 Å². The minimum atomic E-state index is -0.582. The van der Waals surface area contributed by atoms with Crippen LogP contribution in [0.1, 0.15) is 56.9 Å². The van der Waals surface area contributed by atoms with Crippen molar-refractivity contribution in [3.05, 3.63) is 18.2 Å². The largest absolute Gasteiger partial charge is 0.385 e. The lowest BCUT2D eigenvalue weighted by molar-refractivity contribution is -0.135. The standard InChI is InChI=1S/C19H30N4O3/c1-21-14-9-20-19(21)18(26)15-6-11-23(12-7-15)17(25)8-13-22-10-4-2-3-5-16(22)24/h9,14-15,18,26H,2-8,10-13H2,1H3. The van der Waals surface area contributed by atoms with Crippen LogP contribution in [0, 0.1) is 5.92 Å². The molecule has 0 radical (unpaired) electrons. The van der Waals surface area contributed by atoms with E-state index in [1.54, 1.807) is 6.20 Å². The number of aliphatic hydroxyl groups excluding tert-OH is 1. The van der Waals surface area contributed by atoms with Crippen molar-refractivity contribution in [2.45, 2.75) is 51.0 Å². The van der Waals surface area contributed by atoms with Gasteiger partial charge in [0.05, 0.1) is 0 Å². The van der Waals surface area contributed by atoms with E-state index in [0.717, 1.165) is 38.6 Å². The third-order valence-corrected chi connectivity index (χ3v) is 5.73. The molecule has 7 nitrogen and oxygen atoms in total. The fourth-order valence-electron chi connectivity index (χ4n) is 4.00. The molecule has 3 rings (SSSR count). The number of aliphatic hydroxyl groups is 1. The average molecular weight is 362 g/mol. The summed E-state index contributed by atoms with van der Waals surface area (Å²) in [4.78, 5) is 32.5. The van der Waals surface area contributed by atoms with Crippen LogP contribution in [0.15, 0.2) is 12.4 Å². The van der Waals surface area contributed by atoms with Crippen LogP contribution in [0.4, 0.5) is 0 Å². The first-order chi connectivity index (χ1) is 12.6. The van der Waals surface area contributed by atoms with Crippen molar-refractivity contribution in [1.29, 1.82) is 0 Å². The van der Waals surface area contributed by atoms with Gasteiger partial charge < -0.3 is 19.5 Å². The number of likely N-dealkylation sites (tertiary alicyclic amines) is 2. The molecule has 7 heteroatoms. The quantitative estimate of drug-likeness (QED) is 0.861. The molecule has 0 aromatic carbocycles. The lowest BCUT2D eigenvalue weighted by atomic mass is 9.90. The first-order valence-corrected chi connectivity index (χ1v) is 9.77. The summed E-state index contributed by atoms with van der Waals surface area (Å²) in [5.41, 5.74) is 0. The van der Waals surface area contributed by atoms with Crippen LogP contribution in [-0.4, -0.2) is 62.5 Å². The monoisotopic (exact) mass is 362 g/mol. The lowest BCUT2D eigenvalue weighted by Crippen LogP contribution is -2.42. The summed E-state index contributed by atoms with van der Waals surface area (Å²) in [7, 11) is 1.88. The van der Waals surface area contributed by atoms with Crippen molar-refractivity contribution in [1.82, 2.24) is 19.4 Å². The summed E-state index contributed by atoms with van der Waals surface area (Å²) >= 11 is 0. The van der Waals surface area contributed by atoms with Crippen molar-refractivity contribution in [2.75, 3.05) is 26.2 Å². The van der Waals surface area contributed by atoms with E-state index in [2.05, 4.69) is 4.98 Å². The number of hydrogen-bond donors (Lipinski definition) is 1. The highest BCUT2D eigenvalue weighted by Gasteiger charge is 2.30. The summed E-state index contributed by atoms with van der Waals surface area (Å²) in [5, 5.41) is 10.5. The van der Waals surface area contributed by atoms with Gasteiger partial charge in [-0.25, -0.2) is 4.98 Å². The van der Waals surface area contributed by atoms with Crippen LogP contribution in [0.2, 0.25) is 0 Å². The molecule has 3 heterocycles. The molecule has 2 saturated heterocycles. The smallest absolute Gasteiger partial charge is 0.224 e. The van der Waals surface area contributed by atoms with Gasteiger partial charge in [0.25, 0.3) is 0 Å². The van der Waals surface area contributed by atoms with Crippen molar-refractivity contribution in [3.63, 3.8) is 0 Å². The molecule has 144 valence electrons. The second kappa shape index (κ2) is 8.66. The predicted octanol–water partition coefficient (Wildman–Crippen LogP) is 1.48. The van der Waals surface area contributed by atoms with Crippen molar-refractivity contribution < 1.29 is 14.7 Å². The zero-order valence-corrected chi connectivity index (χ0v) is 15.6. The Kier molecular flexibility index (Phi) is 6.29. The van der Waals surface area contributed by atoms with Crippen molar-refractivity contribution in [2.24, 2.45) is 13.0 Å². The third kappa shape index (κ3) is 4.44. The predicted molar refractivity (Wildman–Crippen MR) is 97.1 cm³/mol. The zero-order valence-electron chi connectivity index (χ0n) is 15.6. The fourth-order valence-corrected chi connectivity index (χ4v) is 4.00. The van der Waals surface area contributed by atoms with E-state index in [1.807, 2.05) is 27.6 Å². The minimum Gasteiger partial charge on any atom is -0.385 e. The Morgan fingerprint density at radius 1 is 1.27 bits per heavy atom. The van der Waals surface area contributed by atoms with Gasteiger partial charge in [0.15, 0.2) is 0 Å². The molecule has 0 aliphatic carbocycles. The highest BCUT2D eigenvalue weighted by atomic mass is 16.3. The molecule has 0 spiro atoms. The maximum Gasteiger partial charge on any atom is 0.224 e. The van der Waals surface area contributed by atoms with E-state index < -0.39 is 6.10 Å². The number of piperidine rings is 1. The van der Waals surface area contributed by atoms with Gasteiger partial charge in [-0.3, -0.25) is 9.59 Å². The Morgan fingerprint density at radius 2 is 2.04 bits per heavy atom. The highest BCUT2D eigenvalue weighted by Crippen LogP contribution is 2.29. The molecular weight excluding hydrogens is 332 g/mol. The first kappa shape index (κ1) is 18.9. The van der Waals surface area contributed by atoms with Crippen LogP contribution in [0.25, 0.3) is 0 Å². The molecule has 1 atom stereocenters. The number of imidazole rings is 1. The van der Waals surface area contributed by atoms with Crippen LogP contribution in [-0.2, 0) is 16.6 Å². The molecule has 0 bridgehead atoms. The number of nitrogens with zero attached hydrogens (tertiary/aromatic N) is 4. The van der Waals surface area contributed by atoms with E-state index in [-0.39, 0.29) is 17.7 Å². The number of hydrogen-bond acceptors (Lipinski definition) is 4. The average Bonchev–Trinajstić information content (AvgIpc) is 2.97. The SMILES string of the molecule is Cn1ccnc1C(O)C1CCN(C(=O)CCN2CCCCCC2=O)CC1. The Labute approximate surface area is 155 Å². The number of carbonyl (C=O) groups excluding carboxylic acids is 2. The molecular formula is C19H30N4O3. The summed E-state index contributed by atoms with van der Waals surface area (Å²) in [5.74, 6) is 1.13. The normalized spacial score (nSPS) is 20.9. The summed E-state index contributed by atoms with van der Waals surface area (Å²) in [6.07, 6.45) is 8.63. The summed E-state index contributed by atoms with van der Waals surface area (Å²) < 4.78 is 1.85. The lowest BCUT2D eigenvalue weighted by Gasteiger charge is -2.34. The highest BCUT2D eigenvalue weighted by molar-refractivity contribution is 5.79. The maximum atomic E-state index is 12.5. The maximum absolute atomic E-state index is 12.5. The molecule has 2 aliphatic rings. The van der Waals surface area contributed by atoms with E-state index in [0.29, 0.717) is 38.3 Å². The topological polar surface area (TPSA) is 78.7 Å². The number of rotatable bonds is 5. The summed E-state index contributed by atoms with van der Waals surface area (Å²) in [6, 6.07) is 0. The Hall–Kier alpha value is -1.89. The van der Waals surface area contributed by atoms with Crippen molar-refractivity contribution >= 4 is 11.8 Å². The second-order valence-electron chi connectivity index (χ2n) is 7.50. The molecule has 2 amide bonds. The first-order valence-electron chi connectivity index (χ1n) is 9.77. The summed E-state index contributed by atoms with van der Waals surface area (Å²) in [6.45, 7) is 2.65. The van der Waals surface area contributed by atoms with Gasteiger partial charge >= 0.3 is 0 Å². The second-order valence-corrected chi connectivity index (χ2v) is 7.50. The van der Waals surface area contributed by atoms with Gasteiger partial charge in [-0.15, -0.1) is 0 Å². The zero-order chi connectivity index (χ0) is 18.5.